The summed E-state index contributed by atoms with van der Waals surface area (Å²) in [5, 5.41) is 3.52. The third-order valence-corrected chi connectivity index (χ3v) is 3.53. The average molecular weight is 258 g/mol. The molecule has 108 valence electrons. The molecule has 1 rings (SSSR count). The molecule has 1 heterocycles. The van der Waals surface area contributed by atoms with Crippen LogP contribution in [0.5, 0.6) is 0 Å². The largest absolute Gasteiger partial charge is 0.382 e. The number of morpholine rings is 1. The van der Waals surface area contributed by atoms with E-state index in [0.29, 0.717) is 6.04 Å². The first-order valence-electron chi connectivity index (χ1n) is 7.21. The summed E-state index contributed by atoms with van der Waals surface area (Å²) in [5.74, 6) is 0. The highest BCUT2D eigenvalue weighted by atomic mass is 16.5. The molecule has 0 aromatic heterocycles. The third-order valence-electron chi connectivity index (χ3n) is 3.53. The van der Waals surface area contributed by atoms with Crippen molar-refractivity contribution in [2.24, 2.45) is 0 Å². The minimum Gasteiger partial charge on any atom is -0.382 e. The van der Waals surface area contributed by atoms with Crippen LogP contribution in [0, 0.1) is 0 Å². The topological polar surface area (TPSA) is 33.7 Å². The molecule has 1 atom stereocenters. The molecule has 1 aliphatic heterocycles. The Bertz CT molecular complexity index is 222. The number of hydrogen-bond acceptors (Lipinski definition) is 4. The van der Waals surface area contributed by atoms with Crippen LogP contribution in [0.1, 0.15) is 34.1 Å². The Morgan fingerprint density at radius 1 is 1.44 bits per heavy atom. The minimum absolute atomic E-state index is 0.157. The van der Waals surface area contributed by atoms with Gasteiger partial charge in [-0.3, -0.25) is 4.90 Å². The molecule has 18 heavy (non-hydrogen) atoms. The van der Waals surface area contributed by atoms with Gasteiger partial charge in [-0.2, -0.15) is 0 Å². The number of rotatable bonds is 8. The van der Waals surface area contributed by atoms with E-state index in [9.17, 15) is 0 Å². The van der Waals surface area contributed by atoms with Gasteiger partial charge in [0, 0.05) is 37.9 Å². The maximum atomic E-state index is 5.56. The predicted octanol–water partition coefficient (Wildman–Crippen LogP) is 1.50. The minimum atomic E-state index is 0.157. The highest BCUT2D eigenvalue weighted by Crippen LogP contribution is 2.21. The molecule has 4 heteroatoms. The lowest BCUT2D eigenvalue weighted by atomic mass is 10.00. The number of nitrogens with one attached hydrogen (secondary N) is 1. The summed E-state index contributed by atoms with van der Waals surface area (Å²) < 4.78 is 10.9. The van der Waals surface area contributed by atoms with E-state index in [4.69, 9.17) is 9.47 Å². The summed E-state index contributed by atoms with van der Waals surface area (Å²) in [4.78, 5) is 2.55. The van der Waals surface area contributed by atoms with Gasteiger partial charge in [-0.05, 0) is 40.7 Å². The zero-order valence-electron chi connectivity index (χ0n) is 12.5. The number of nitrogens with zero attached hydrogens (tertiary/aromatic N) is 1. The van der Waals surface area contributed by atoms with E-state index in [0.717, 1.165) is 52.5 Å². The summed E-state index contributed by atoms with van der Waals surface area (Å²) >= 11 is 0. The molecule has 1 aliphatic rings. The third kappa shape index (κ3) is 5.22. The van der Waals surface area contributed by atoms with E-state index in [1.165, 1.54) is 0 Å². The van der Waals surface area contributed by atoms with Gasteiger partial charge < -0.3 is 14.8 Å². The zero-order valence-corrected chi connectivity index (χ0v) is 12.5. The fourth-order valence-corrected chi connectivity index (χ4v) is 2.55. The lowest BCUT2D eigenvalue weighted by Gasteiger charge is -2.45. The summed E-state index contributed by atoms with van der Waals surface area (Å²) in [5.41, 5.74) is 0.157. The molecule has 1 saturated heterocycles. The van der Waals surface area contributed by atoms with Crippen molar-refractivity contribution in [3.05, 3.63) is 0 Å². The van der Waals surface area contributed by atoms with Gasteiger partial charge in [0.25, 0.3) is 0 Å². The Hall–Kier alpha value is -0.160. The van der Waals surface area contributed by atoms with Gasteiger partial charge in [0.15, 0.2) is 0 Å². The predicted molar refractivity (Wildman–Crippen MR) is 75.0 cm³/mol. The van der Waals surface area contributed by atoms with Gasteiger partial charge in [-0.25, -0.2) is 0 Å². The summed E-state index contributed by atoms with van der Waals surface area (Å²) in [6, 6.07) is 0.552. The number of ether oxygens (including phenoxy) is 2. The molecule has 0 radical (unpaired) electrons. The first kappa shape index (κ1) is 15.9. The van der Waals surface area contributed by atoms with Gasteiger partial charge in [0.05, 0.1) is 13.2 Å². The highest BCUT2D eigenvalue weighted by Gasteiger charge is 2.33. The van der Waals surface area contributed by atoms with Crippen molar-refractivity contribution in [2.75, 3.05) is 46.1 Å². The van der Waals surface area contributed by atoms with Crippen molar-refractivity contribution >= 4 is 0 Å². The lowest BCUT2D eigenvalue weighted by Crippen LogP contribution is -2.58. The monoisotopic (exact) mass is 258 g/mol. The standard InChI is InChI=1S/C14H30N2O2/c1-5-17-9-6-7-15-11-13(2)16-8-10-18-12-14(16,3)4/h13,15H,5-12H2,1-4H3. The molecule has 0 aliphatic carbocycles. The van der Waals surface area contributed by atoms with E-state index in [1.54, 1.807) is 0 Å². The molecule has 0 aromatic carbocycles. The highest BCUT2D eigenvalue weighted by molar-refractivity contribution is 4.88. The molecule has 1 fully saturated rings. The summed E-state index contributed by atoms with van der Waals surface area (Å²) in [6.07, 6.45) is 1.09. The van der Waals surface area contributed by atoms with Gasteiger partial charge in [0.2, 0.25) is 0 Å². The molecule has 0 saturated carbocycles. The molecule has 1 unspecified atom stereocenters. The van der Waals surface area contributed by atoms with Gasteiger partial charge in [0.1, 0.15) is 0 Å². The van der Waals surface area contributed by atoms with E-state index in [-0.39, 0.29) is 5.54 Å². The normalized spacial score (nSPS) is 22.0. The molecule has 1 N–H and O–H groups in total. The fourth-order valence-electron chi connectivity index (χ4n) is 2.55. The Balaban J connectivity index is 2.17. The van der Waals surface area contributed by atoms with Crippen LogP contribution in [0.4, 0.5) is 0 Å². The molecule has 0 spiro atoms. The summed E-state index contributed by atoms with van der Waals surface area (Å²) in [6.45, 7) is 15.3. The Morgan fingerprint density at radius 2 is 2.22 bits per heavy atom. The van der Waals surface area contributed by atoms with Crippen molar-refractivity contribution in [1.29, 1.82) is 0 Å². The maximum absolute atomic E-state index is 5.56. The van der Waals surface area contributed by atoms with Gasteiger partial charge in [-0.15, -0.1) is 0 Å². The smallest absolute Gasteiger partial charge is 0.0645 e. The van der Waals surface area contributed by atoms with E-state index >= 15 is 0 Å². The van der Waals surface area contributed by atoms with Crippen LogP contribution in [-0.4, -0.2) is 62.5 Å². The van der Waals surface area contributed by atoms with E-state index in [2.05, 4.69) is 31.0 Å². The van der Waals surface area contributed by atoms with Gasteiger partial charge >= 0.3 is 0 Å². The van der Waals surface area contributed by atoms with E-state index in [1.807, 2.05) is 6.92 Å². The Kier molecular flexibility index (Phi) is 7.15. The average Bonchev–Trinajstić information content (AvgIpc) is 2.32. The Labute approximate surface area is 112 Å². The SMILES string of the molecule is CCOCCCNCC(C)N1CCOCC1(C)C. The van der Waals surface area contributed by atoms with Crippen LogP contribution in [-0.2, 0) is 9.47 Å². The van der Waals surface area contributed by atoms with Crippen molar-refractivity contribution in [1.82, 2.24) is 10.2 Å². The lowest BCUT2D eigenvalue weighted by molar-refractivity contribution is -0.0682. The van der Waals surface area contributed by atoms with Crippen molar-refractivity contribution < 1.29 is 9.47 Å². The molecule has 0 amide bonds. The van der Waals surface area contributed by atoms with Crippen LogP contribution in [0.15, 0.2) is 0 Å². The molecule has 0 aromatic rings. The van der Waals surface area contributed by atoms with Crippen LogP contribution in [0.25, 0.3) is 0 Å². The van der Waals surface area contributed by atoms with Gasteiger partial charge in [-0.1, -0.05) is 0 Å². The van der Waals surface area contributed by atoms with Crippen LogP contribution in [0.3, 0.4) is 0 Å². The second-order valence-electron chi connectivity index (χ2n) is 5.66. The second kappa shape index (κ2) is 8.10. The van der Waals surface area contributed by atoms with Crippen LogP contribution in [0.2, 0.25) is 0 Å². The first-order chi connectivity index (χ1) is 8.58. The van der Waals surface area contributed by atoms with Crippen molar-refractivity contribution in [3.63, 3.8) is 0 Å². The van der Waals surface area contributed by atoms with E-state index < -0.39 is 0 Å². The Morgan fingerprint density at radius 3 is 2.89 bits per heavy atom. The first-order valence-corrected chi connectivity index (χ1v) is 7.21. The molecular weight excluding hydrogens is 228 g/mol. The van der Waals surface area contributed by atoms with Crippen LogP contribution < -0.4 is 5.32 Å². The molecule has 0 bridgehead atoms. The summed E-state index contributed by atoms with van der Waals surface area (Å²) in [7, 11) is 0. The fraction of sp³-hybridized carbons (Fsp3) is 1.00. The molecular formula is C14H30N2O2. The quantitative estimate of drug-likeness (QED) is 0.669. The van der Waals surface area contributed by atoms with Crippen LogP contribution >= 0.6 is 0 Å². The van der Waals surface area contributed by atoms with Crippen molar-refractivity contribution in [3.8, 4) is 0 Å². The maximum Gasteiger partial charge on any atom is 0.0645 e. The van der Waals surface area contributed by atoms with Crippen molar-refractivity contribution in [2.45, 2.75) is 45.7 Å². The number of hydrogen-bond donors (Lipinski definition) is 1. The second-order valence-corrected chi connectivity index (χ2v) is 5.66. The molecule has 4 nitrogen and oxygen atoms in total. The zero-order chi connectivity index (χ0) is 13.4.